The molecule has 21 heavy (non-hydrogen) atoms. The molecule has 1 rings (SSSR count). The zero-order valence-electron chi connectivity index (χ0n) is 13.5. The number of carbonyl (C=O) groups is 1. The molecule has 1 aromatic rings. The molecule has 3 heteroatoms. The molecule has 0 bridgehead atoms. The Hall–Kier alpha value is -1.61. The van der Waals surface area contributed by atoms with E-state index in [1.54, 1.807) is 0 Å². The molecular formula is C18H26O3. The van der Waals surface area contributed by atoms with Gasteiger partial charge in [-0.1, -0.05) is 61.7 Å². The van der Waals surface area contributed by atoms with E-state index in [2.05, 4.69) is 13.0 Å². The second-order valence-corrected chi connectivity index (χ2v) is 5.37. The topological polar surface area (TPSA) is 35.5 Å². The number of benzene rings is 1. The first-order valence-electron chi connectivity index (χ1n) is 7.51. The molecule has 0 fully saturated rings. The van der Waals surface area contributed by atoms with Crippen molar-refractivity contribution in [3.05, 3.63) is 47.5 Å². The second-order valence-electron chi connectivity index (χ2n) is 5.37. The van der Waals surface area contributed by atoms with E-state index >= 15 is 0 Å². The van der Waals surface area contributed by atoms with Gasteiger partial charge in [-0.15, -0.1) is 0 Å². The maximum Gasteiger partial charge on any atom is 0.339 e. The molecule has 1 aromatic carbocycles. The number of ether oxygens (including phenoxy) is 2. The van der Waals surface area contributed by atoms with Crippen LogP contribution in [0.5, 0.6) is 0 Å². The minimum Gasteiger partial charge on any atom is -0.467 e. The van der Waals surface area contributed by atoms with Gasteiger partial charge in [-0.05, 0) is 25.8 Å². The molecule has 0 saturated carbocycles. The Bertz CT molecular complexity index is 447. The summed E-state index contributed by atoms with van der Waals surface area (Å²) in [6, 6.07) is 9.50. The predicted octanol–water partition coefficient (Wildman–Crippen LogP) is 4.44. The number of hydrogen-bond acceptors (Lipinski definition) is 3. The lowest BCUT2D eigenvalue weighted by atomic mass is 10.1. The molecule has 0 radical (unpaired) electrons. The van der Waals surface area contributed by atoms with Gasteiger partial charge < -0.3 is 9.47 Å². The van der Waals surface area contributed by atoms with Gasteiger partial charge in [0.2, 0.25) is 0 Å². The normalized spacial score (nSPS) is 13.3. The summed E-state index contributed by atoms with van der Waals surface area (Å²) < 4.78 is 10.9. The van der Waals surface area contributed by atoms with Gasteiger partial charge in [0, 0.05) is 0 Å². The number of rotatable bonds is 8. The van der Waals surface area contributed by atoms with E-state index in [9.17, 15) is 4.79 Å². The third-order valence-electron chi connectivity index (χ3n) is 3.19. The van der Waals surface area contributed by atoms with Crippen molar-refractivity contribution < 1.29 is 14.3 Å². The number of hydrogen-bond donors (Lipinski definition) is 0. The van der Waals surface area contributed by atoms with E-state index in [4.69, 9.17) is 9.47 Å². The minimum absolute atomic E-state index is 0.0701. The molecular weight excluding hydrogens is 264 g/mol. The SMILES string of the molecule is CCCC[C@@H](C=C(C)C)O[C@@H](C(=O)OC)c1ccccc1. The first kappa shape index (κ1) is 17.4. The van der Waals surface area contributed by atoms with Gasteiger partial charge in [-0.3, -0.25) is 0 Å². The van der Waals surface area contributed by atoms with Crippen LogP contribution in [-0.4, -0.2) is 19.2 Å². The molecule has 0 heterocycles. The van der Waals surface area contributed by atoms with Crippen LogP contribution in [0.4, 0.5) is 0 Å². The Kier molecular flexibility index (Phi) is 7.76. The number of allylic oxidation sites excluding steroid dienone is 1. The maximum atomic E-state index is 12.0. The van der Waals surface area contributed by atoms with Crippen LogP contribution < -0.4 is 0 Å². The lowest BCUT2D eigenvalue weighted by Gasteiger charge is -2.22. The summed E-state index contributed by atoms with van der Waals surface area (Å²) in [4.78, 5) is 12.0. The van der Waals surface area contributed by atoms with E-state index < -0.39 is 6.10 Å². The van der Waals surface area contributed by atoms with Crippen LogP contribution in [-0.2, 0) is 14.3 Å². The molecule has 0 aliphatic rings. The molecule has 116 valence electrons. The highest BCUT2D eigenvalue weighted by molar-refractivity contribution is 5.76. The van der Waals surface area contributed by atoms with Crippen molar-refractivity contribution in [3.63, 3.8) is 0 Å². The van der Waals surface area contributed by atoms with Gasteiger partial charge in [0.05, 0.1) is 13.2 Å². The monoisotopic (exact) mass is 290 g/mol. The standard InChI is InChI=1S/C18H26O3/c1-5-6-12-16(13-14(2)3)21-17(18(19)20-4)15-10-8-7-9-11-15/h7-11,13,16-17H,5-6,12H2,1-4H3/t16-,17+/m0/s1. The first-order chi connectivity index (χ1) is 10.1. The molecule has 2 atom stereocenters. The van der Waals surface area contributed by atoms with Crippen molar-refractivity contribution in [2.75, 3.05) is 7.11 Å². The zero-order valence-corrected chi connectivity index (χ0v) is 13.5. The quantitative estimate of drug-likeness (QED) is 0.524. The number of methoxy groups -OCH3 is 1. The van der Waals surface area contributed by atoms with E-state index in [0.717, 1.165) is 24.8 Å². The van der Waals surface area contributed by atoms with Crippen LogP contribution in [0.25, 0.3) is 0 Å². The van der Waals surface area contributed by atoms with Crippen molar-refractivity contribution in [1.82, 2.24) is 0 Å². The number of unbranched alkanes of at least 4 members (excludes halogenated alkanes) is 1. The summed E-state index contributed by atoms with van der Waals surface area (Å²) in [5.41, 5.74) is 2.01. The van der Waals surface area contributed by atoms with Crippen LogP contribution in [0.3, 0.4) is 0 Å². The lowest BCUT2D eigenvalue weighted by Crippen LogP contribution is -2.23. The molecule has 0 aliphatic heterocycles. The van der Waals surface area contributed by atoms with Crippen molar-refractivity contribution in [1.29, 1.82) is 0 Å². The highest BCUT2D eigenvalue weighted by atomic mass is 16.6. The van der Waals surface area contributed by atoms with Gasteiger partial charge in [0.25, 0.3) is 0 Å². The molecule has 0 saturated heterocycles. The summed E-state index contributed by atoms with van der Waals surface area (Å²) in [5, 5.41) is 0. The molecule has 0 aromatic heterocycles. The average Bonchev–Trinajstić information content (AvgIpc) is 2.49. The van der Waals surface area contributed by atoms with Gasteiger partial charge in [0.15, 0.2) is 6.10 Å². The van der Waals surface area contributed by atoms with Crippen LogP contribution in [0, 0.1) is 0 Å². The van der Waals surface area contributed by atoms with E-state index in [-0.39, 0.29) is 12.1 Å². The second kappa shape index (κ2) is 9.35. The average molecular weight is 290 g/mol. The third kappa shape index (κ3) is 6.13. The van der Waals surface area contributed by atoms with E-state index in [1.165, 1.54) is 12.7 Å². The Balaban J connectivity index is 2.92. The van der Waals surface area contributed by atoms with E-state index in [0.29, 0.717) is 0 Å². The van der Waals surface area contributed by atoms with Crippen molar-refractivity contribution in [3.8, 4) is 0 Å². The van der Waals surface area contributed by atoms with Gasteiger partial charge in [0.1, 0.15) is 0 Å². The summed E-state index contributed by atoms with van der Waals surface area (Å²) in [6.07, 6.45) is 4.41. The first-order valence-corrected chi connectivity index (χ1v) is 7.51. The Morgan fingerprint density at radius 1 is 1.24 bits per heavy atom. The molecule has 0 N–H and O–H groups in total. The molecule has 3 nitrogen and oxygen atoms in total. The zero-order chi connectivity index (χ0) is 15.7. The van der Waals surface area contributed by atoms with E-state index in [1.807, 2.05) is 44.2 Å². The highest BCUT2D eigenvalue weighted by Crippen LogP contribution is 2.23. The van der Waals surface area contributed by atoms with Gasteiger partial charge >= 0.3 is 5.97 Å². The van der Waals surface area contributed by atoms with Crippen LogP contribution in [0.1, 0.15) is 51.7 Å². The summed E-state index contributed by atoms with van der Waals surface area (Å²) in [6.45, 7) is 6.23. The Morgan fingerprint density at radius 3 is 2.43 bits per heavy atom. The number of esters is 1. The fraction of sp³-hybridized carbons (Fsp3) is 0.500. The summed E-state index contributed by atoms with van der Waals surface area (Å²) in [5.74, 6) is -0.357. The summed E-state index contributed by atoms with van der Waals surface area (Å²) in [7, 11) is 1.39. The van der Waals surface area contributed by atoms with Crippen molar-refractivity contribution in [2.45, 2.75) is 52.2 Å². The minimum atomic E-state index is -0.673. The maximum absolute atomic E-state index is 12.0. The Morgan fingerprint density at radius 2 is 1.90 bits per heavy atom. The van der Waals surface area contributed by atoms with Crippen LogP contribution >= 0.6 is 0 Å². The van der Waals surface area contributed by atoms with Crippen molar-refractivity contribution in [2.24, 2.45) is 0 Å². The molecule has 0 amide bonds. The van der Waals surface area contributed by atoms with Gasteiger partial charge in [-0.2, -0.15) is 0 Å². The largest absolute Gasteiger partial charge is 0.467 e. The lowest BCUT2D eigenvalue weighted by molar-refractivity contribution is -0.157. The van der Waals surface area contributed by atoms with Crippen LogP contribution in [0.2, 0.25) is 0 Å². The third-order valence-corrected chi connectivity index (χ3v) is 3.19. The molecule has 0 spiro atoms. The smallest absolute Gasteiger partial charge is 0.339 e. The van der Waals surface area contributed by atoms with Crippen LogP contribution in [0.15, 0.2) is 42.0 Å². The number of carbonyl (C=O) groups excluding carboxylic acids is 1. The molecule has 0 unspecified atom stereocenters. The fourth-order valence-electron chi connectivity index (χ4n) is 2.15. The fourth-order valence-corrected chi connectivity index (χ4v) is 2.15. The van der Waals surface area contributed by atoms with Crippen molar-refractivity contribution >= 4 is 5.97 Å². The predicted molar refractivity (Wildman–Crippen MR) is 85.0 cm³/mol. The molecule has 0 aliphatic carbocycles. The Labute approximate surface area is 128 Å². The highest BCUT2D eigenvalue weighted by Gasteiger charge is 2.25. The summed E-state index contributed by atoms with van der Waals surface area (Å²) >= 11 is 0. The van der Waals surface area contributed by atoms with Gasteiger partial charge in [-0.25, -0.2) is 4.79 Å².